The van der Waals surface area contributed by atoms with Crippen molar-refractivity contribution in [1.82, 2.24) is 9.97 Å². The monoisotopic (exact) mass is 300 g/mol. The Bertz CT molecular complexity index is 1060. The van der Waals surface area contributed by atoms with E-state index < -0.39 is 0 Å². The standard InChI is InChI=1S/C20H16N2O/c1-12-5-3-7-16-17(11-21-20(12)16)19-10-9-15-14(13(2)23)6-4-8-18(15)22-19/h3-11,21H,1-2H3. The fourth-order valence-corrected chi connectivity index (χ4v) is 3.13. The summed E-state index contributed by atoms with van der Waals surface area (Å²) >= 11 is 0. The summed E-state index contributed by atoms with van der Waals surface area (Å²) < 4.78 is 0. The van der Waals surface area contributed by atoms with Gasteiger partial charge >= 0.3 is 0 Å². The number of aromatic nitrogens is 2. The molecule has 0 unspecified atom stereocenters. The fraction of sp³-hybridized carbons (Fsp3) is 0.100. The van der Waals surface area contributed by atoms with E-state index in [0.717, 1.165) is 33.2 Å². The van der Waals surface area contributed by atoms with Crippen LogP contribution >= 0.6 is 0 Å². The molecule has 2 heterocycles. The van der Waals surface area contributed by atoms with Gasteiger partial charge in [0.1, 0.15) is 0 Å². The fourth-order valence-electron chi connectivity index (χ4n) is 3.13. The van der Waals surface area contributed by atoms with Crippen molar-refractivity contribution in [2.24, 2.45) is 0 Å². The van der Waals surface area contributed by atoms with E-state index in [0.29, 0.717) is 0 Å². The Balaban J connectivity index is 1.95. The molecule has 0 aliphatic carbocycles. The summed E-state index contributed by atoms with van der Waals surface area (Å²) in [5, 5.41) is 2.07. The van der Waals surface area contributed by atoms with Gasteiger partial charge in [-0.25, -0.2) is 4.98 Å². The van der Waals surface area contributed by atoms with Crippen LogP contribution in [0.3, 0.4) is 0 Å². The third-order valence-electron chi connectivity index (χ3n) is 4.31. The second-order valence-corrected chi connectivity index (χ2v) is 5.82. The van der Waals surface area contributed by atoms with Crippen LogP contribution in [0.5, 0.6) is 0 Å². The number of carbonyl (C=O) groups excluding carboxylic acids is 1. The van der Waals surface area contributed by atoms with Gasteiger partial charge in [-0.1, -0.05) is 30.3 Å². The third kappa shape index (κ3) is 2.13. The number of hydrogen-bond donors (Lipinski definition) is 1. The molecule has 0 amide bonds. The minimum Gasteiger partial charge on any atom is -0.360 e. The van der Waals surface area contributed by atoms with Gasteiger partial charge in [0.15, 0.2) is 5.78 Å². The van der Waals surface area contributed by atoms with Crippen molar-refractivity contribution in [1.29, 1.82) is 0 Å². The van der Waals surface area contributed by atoms with E-state index in [1.807, 2.05) is 36.5 Å². The van der Waals surface area contributed by atoms with Gasteiger partial charge < -0.3 is 4.98 Å². The van der Waals surface area contributed by atoms with Crippen molar-refractivity contribution in [3.63, 3.8) is 0 Å². The summed E-state index contributed by atoms with van der Waals surface area (Å²) in [6.45, 7) is 3.68. The molecule has 23 heavy (non-hydrogen) atoms. The summed E-state index contributed by atoms with van der Waals surface area (Å²) in [6, 6.07) is 15.9. The van der Waals surface area contributed by atoms with Gasteiger partial charge in [0.25, 0.3) is 0 Å². The minimum absolute atomic E-state index is 0.0628. The number of ketones is 1. The zero-order valence-electron chi connectivity index (χ0n) is 13.1. The number of nitrogens with zero attached hydrogens (tertiary/aromatic N) is 1. The maximum absolute atomic E-state index is 11.8. The third-order valence-corrected chi connectivity index (χ3v) is 4.31. The number of pyridine rings is 1. The number of rotatable bonds is 2. The highest BCUT2D eigenvalue weighted by atomic mass is 16.1. The van der Waals surface area contributed by atoms with E-state index in [4.69, 9.17) is 4.98 Å². The number of hydrogen-bond acceptors (Lipinski definition) is 2. The molecule has 2 aromatic carbocycles. The van der Waals surface area contributed by atoms with Crippen LogP contribution in [0.4, 0.5) is 0 Å². The Kier molecular flexibility index (Phi) is 3.01. The van der Waals surface area contributed by atoms with Gasteiger partial charge in [-0.15, -0.1) is 0 Å². The van der Waals surface area contributed by atoms with Gasteiger partial charge in [-0.2, -0.15) is 0 Å². The maximum atomic E-state index is 11.8. The first-order valence-corrected chi connectivity index (χ1v) is 7.63. The molecule has 3 nitrogen and oxygen atoms in total. The molecule has 112 valence electrons. The summed E-state index contributed by atoms with van der Waals surface area (Å²) in [7, 11) is 0. The molecule has 4 rings (SSSR count). The highest BCUT2D eigenvalue weighted by Crippen LogP contribution is 2.30. The number of fused-ring (bicyclic) bond motifs is 2. The first-order valence-electron chi connectivity index (χ1n) is 7.63. The number of carbonyl (C=O) groups is 1. The largest absolute Gasteiger partial charge is 0.360 e. The van der Waals surface area contributed by atoms with Crippen molar-refractivity contribution in [2.75, 3.05) is 0 Å². The molecule has 0 saturated carbocycles. The molecule has 0 fully saturated rings. The molecule has 0 bridgehead atoms. The Morgan fingerprint density at radius 1 is 1.00 bits per heavy atom. The van der Waals surface area contributed by atoms with Crippen LogP contribution in [0.15, 0.2) is 54.7 Å². The van der Waals surface area contributed by atoms with Crippen LogP contribution < -0.4 is 0 Å². The first kappa shape index (κ1) is 13.7. The average Bonchev–Trinajstić information content (AvgIpc) is 2.99. The van der Waals surface area contributed by atoms with E-state index in [1.165, 1.54) is 10.9 Å². The van der Waals surface area contributed by atoms with Gasteiger partial charge in [0, 0.05) is 33.6 Å². The molecule has 0 spiro atoms. The smallest absolute Gasteiger partial charge is 0.160 e. The van der Waals surface area contributed by atoms with Crippen LogP contribution in [0.1, 0.15) is 22.8 Å². The van der Waals surface area contributed by atoms with Crippen LogP contribution in [0.2, 0.25) is 0 Å². The number of aromatic amines is 1. The topological polar surface area (TPSA) is 45.8 Å². The lowest BCUT2D eigenvalue weighted by atomic mass is 10.0. The quantitative estimate of drug-likeness (QED) is 0.535. The second kappa shape index (κ2) is 5.06. The number of nitrogens with one attached hydrogen (secondary N) is 1. The van der Waals surface area contributed by atoms with Gasteiger partial charge in [-0.3, -0.25) is 4.79 Å². The van der Waals surface area contributed by atoms with Crippen LogP contribution in [0, 0.1) is 6.92 Å². The second-order valence-electron chi connectivity index (χ2n) is 5.82. The van der Waals surface area contributed by atoms with Crippen LogP contribution in [-0.2, 0) is 0 Å². The Morgan fingerprint density at radius 2 is 1.83 bits per heavy atom. The van der Waals surface area contributed by atoms with E-state index in [2.05, 4.69) is 30.1 Å². The number of H-pyrrole nitrogens is 1. The number of Topliss-reactive ketones (excluding diaryl/α,β-unsaturated/α-hetero) is 1. The summed E-state index contributed by atoms with van der Waals surface area (Å²) in [4.78, 5) is 19.9. The van der Waals surface area contributed by atoms with E-state index in [1.54, 1.807) is 6.92 Å². The predicted molar refractivity (Wildman–Crippen MR) is 93.8 cm³/mol. The predicted octanol–water partition coefficient (Wildman–Crippen LogP) is 4.89. The van der Waals surface area contributed by atoms with Gasteiger partial charge in [-0.05, 0) is 37.6 Å². The maximum Gasteiger partial charge on any atom is 0.160 e. The molecule has 0 atom stereocenters. The van der Waals surface area contributed by atoms with E-state index in [-0.39, 0.29) is 5.78 Å². The van der Waals surface area contributed by atoms with E-state index >= 15 is 0 Å². The highest BCUT2D eigenvalue weighted by molar-refractivity contribution is 6.07. The Labute approximate surface area is 134 Å². The summed E-state index contributed by atoms with van der Waals surface area (Å²) in [5.41, 5.74) is 5.91. The Morgan fingerprint density at radius 3 is 2.65 bits per heavy atom. The molecular weight excluding hydrogens is 284 g/mol. The average molecular weight is 300 g/mol. The van der Waals surface area contributed by atoms with Crippen molar-refractivity contribution in [3.8, 4) is 11.3 Å². The van der Waals surface area contributed by atoms with Crippen molar-refractivity contribution in [2.45, 2.75) is 13.8 Å². The van der Waals surface area contributed by atoms with Crippen molar-refractivity contribution in [3.05, 3.63) is 65.9 Å². The zero-order valence-corrected chi connectivity index (χ0v) is 13.1. The van der Waals surface area contributed by atoms with Gasteiger partial charge in [0.05, 0.1) is 11.2 Å². The lowest BCUT2D eigenvalue weighted by Crippen LogP contribution is -1.95. The lowest BCUT2D eigenvalue weighted by molar-refractivity contribution is 0.101. The zero-order chi connectivity index (χ0) is 16.0. The molecular formula is C20H16N2O. The molecule has 0 radical (unpaired) electrons. The van der Waals surface area contributed by atoms with Crippen molar-refractivity contribution < 1.29 is 4.79 Å². The lowest BCUT2D eigenvalue weighted by Gasteiger charge is -2.05. The molecule has 2 aromatic heterocycles. The number of aryl methyl sites for hydroxylation is 1. The molecule has 0 aliphatic heterocycles. The van der Waals surface area contributed by atoms with Crippen molar-refractivity contribution >= 4 is 27.6 Å². The SMILES string of the molecule is CC(=O)c1cccc2nc(-c3c[nH]c4c(C)cccc34)ccc12. The Hall–Kier alpha value is -2.94. The number of para-hydroxylation sites is 1. The normalized spacial score (nSPS) is 11.2. The first-order chi connectivity index (χ1) is 11.1. The molecule has 0 aliphatic rings. The summed E-state index contributed by atoms with van der Waals surface area (Å²) in [5.74, 6) is 0.0628. The molecule has 3 heteroatoms. The molecule has 0 saturated heterocycles. The van der Waals surface area contributed by atoms with E-state index in [9.17, 15) is 4.79 Å². The molecule has 1 N–H and O–H groups in total. The summed E-state index contributed by atoms with van der Waals surface area (Å²) in [6.07, 6.45) is 2.00. The molecule has 4 aromatic rings. The van der Waals surface area contributed by atoms with Crippen LogP contribution in [0.25, 0.3) is 33.1 Å². The number of benzene rings is 2. The highest BCUT2D eigenvalue weighted by Gasteiger charge is 2.11. The minimum atomic E-state index is 0.0628. The van der Waals surface area contributed by atoms with Crippen LogP contribution in [-0.4, -0.2) is 15.8 Å². The van der Waals surface area contributed by atoms with Gasteiger partial charge in [0.2, 0.25) is 0 Å².